The van der Waals surface area contributed by atoms with Gasteiger partial charge in [0.1, 0.15) is 0 Å². The first-order valence-corrected chi connectivity index (χ1v) is 5.87. The second kappa shape index (κ2) is 4.35. The average molecular weight is 226 g/mol. The summed E-state index contributed by atoms with van der Waals surface area (Å²) in [5.41, 5.74) is 1.15. The van der Waals surface area contributed by atoms with Crippen LogP contribution in [-0.4, -0.2) is 28.7 Å². The fourth-order valence-electron chi connectivity index (χ4n) is 2.12. The zero-order valence-corrected chi connectivity index (χ0v) is 9.91. The molecule has 0 N–H and O–H groups in total. The molecular formula is C11H16ClN3. The van der Waals surface area contributed by atoms with Crippen molar-refractivity contribution in [3.05, 3.63) is 17.8 Å². The molecule has 1 aliphatic rings. The van der Waals surface area contributed by atoms with Gasteiger partial charge in [0.2, 0.25) is 0 Å². The van der Waals surface area contributed by atoms with Gasteiger partial charge in [-0.25, -0.2) is 0 Å². The molecule has 4 heteroatoms. The highest BCUT2D eigenvalue weighted by Gasteiger charge is 2.31. The van der Waals surface area contributed by atoms with Crippen LogP contribution in [-0.2, 0) is 0 Å². The normalized spacial score (nSPS) is 25.9. The van der Waals surface area contributed by atoms with Crippen LogP contribution in [0.4, 0.5) is 5.82 Å². The lowest BCUT2D eigenvalue weighted by atomic mass is 10.1. The summed E-state index contributed by atoms with van der Waals surface area (Å²) in [6.07, 6.45) is 2.96. The molecule has 15 heavy (non-hydrogen) atoms. The molecule has 0 amide bonds. The summed E-state index contributed by atoms with van der Waals surface area (Å²) in [5, 5.41) is 8.16. The Kier molecular flexibility index (Phi) is 3.10. The Labute approximate surface area is 95.5 Å². The van der Waals surface area contributed by atoms with Gasteiger partial charge < -0.3 is 4.90 Å². The molecule has 1 aromatic heterocycles. The first-order valence-electron chi connectivity index (χ1n) is 5.34. The SMILES string of the molecule is Cc1cnnc(N2CCC(C)C2CCl)c1. The van der Waals surface area contributed by atoms with Gasteiger partial charge in [-0.2, -0.15) is 5.10 Å². The molecule has 0 aliphatic carbocycles. The molecule has 0 bridgehead atoms. The summed E-state index contributed by atoms with van der Waals surface area (Å²) >= 11 is 6.00. The standard InChI is InChI=1S/C11H16ClN3/c1-8-5-11(14-13-7-8)15-4-3-9(2)10(15)6-12/h5,7,9-10H,3-4,6H2,1-2H3. The fraction of sp³-hybridized carbons (Fsp3) is 0.636. The van der Waals surface area contributed by atoms with Gasteiger partial charge in [-0.15, -0.1) is 16.7 Å². The molecular weight excluding hydrogens is 210 g/mol. The Hall–Kier alpha value is -0.830. The van der Waals surface area contributed by atoms with Crippen molar-refractivity contribution >= 4 is 17.4 Å². The number of aromatic nitrogens is 2. The van der Waals surface area contributed by atoms with Crippen LogP contribution >= 0.6 is 11.6 Å². The van der Waals surface area contributed by atoms with Crippen molar-refractivity contribution in [3.63, 3.8) is 0 Å². The lowest BCUT2D eigenvalue weighted by Gasteiger charge is -2.25. The summed E-state index contributed by atoms with van der Waals surface area (Å²) in [6.45, 7) is 5.32. The molecule has 2 rings (SSSR count). The van der Waals surface area contributed by atoms with E-state index in [4.69, 9.17) is 11.6 Å². The van der Waals surface area contributed by atoms with E-state index in [0.717, 1.165) is 17.9 Å². The Balaban J connectivity index is 2.23. The molecule has 0 aromatic carbocycles. The van der Waals surface area contributed by atoms with Crippen LogP contribution in [0.3, 0.4) is 0 Å². The van der Waals surface area contributed by atoms with Gasteiger partial charge >= 0.3 is 0 Å². The summed E-state index contributed by atoms with van der Waals surface area (Å²) in [6, 6.07) is 2.48. The second-order valence-electron chi connectivity index (χ2n) is 4.27. The first-order chi connectivity index (χ1) is 7.22. The summed E-state index contributed by atoms with van der Waals surface area (Å²) in [4.78, 5) is 2.28. The zero-order valence-electron chi connectivity index (χ0n) is 9.15. The van der Waals surface area contributed by atoms with E-state index in [1.165, 1.54) is 6.42 Å². The van der Waals surface area contributed by atoms with E-state index in [1.807, 2.05) is 6.92 Å². The number of anilines is 1. The lowest BCUT2D eigenvalue weighted by molar-refractivity contribution is 0.548. The number of nitrogens with zero attached hydrogens (tertiary/aromatic N) is 3. The third-order valence-electron chi connectivity index (χ3n) is 3.11. The number of hydrogen-bond acceptors (Lipinski definition) is 3. The van der Waals surface area contributed by atoms with Gasteiger partial charge in [-0.3, -0.25) is 0 Å². The van der Waals surface area contributed by atoms with Gasteiger partial charge in [-0.1, -0.05) is 6.92 Å². The molecule has 1 saturated heterocycles. The molecule has 0 saturated carbocycles. The summed E-state index contributed by atoms with van der Waals surface area (Å²) < 4.78 is 0. The Bertz CT molecular complexity index is 342. The van der Waals surface area contributed by atoms with Crippen LogP contribution in [0.2, 0.25) is 0 Å². The van der Waals surface area contributed by atoms with Crippen molar-refractivity contribution in [1.29, 1.82) is 0 Å². The number of alkyl halides is 1. The van der Waals surface area contributed by atoms with Crippen LogP contribution in [0.1, 0.15) is 18.9 Å². The van der Waals surface area contributed by atoms with Gasteiger partial charge in [0.25, 0.3) is 0 Å². The van der Waals surface area contributed by atoms with Crippen molar-refractivity contribution in [2.45, 2.75) is 26.3 Å². The van der Waals surface area contributed by atoms with Crippen molar-refractivity contribution in [1.82, 2.24) is 10.2 Å². The van der Waals surface area contributed by atoms with Crippen LogP contribution in [0.15, 0.2) is 12.3 Å². The van der Waals surface area contributed by atoms with Crippen LogP contribution in [0, 0.1) is 12.8 Å². The third-order valence-corrected chi connectivity index (χ3v) is 3.43. The van der Waals surface area contributed by atoms with E-state index >= 15 is 0 Å². The minimum Gasteiger partial charge on any atom is -0.351 e. The highest BCUT2D eigenvalue weighted by atomic mass is 35.5. The molecule has 3 nitrogen and oxygen atoms in total. The quantitative estimate of drug-likeness (QED) is 0.723. The second-order valence-corrected chi connectivity index (χ2v) is 4.58. The molecule has 1 aliphatic heterocycles. The Morgan fingerprint density at radius 3 is 3.07 bits per heavy atom. The van der Waals surface area contributed by atoms with Gasteiger partial charge in [0, 0.05) is 18.5 Å². The average Bonchev–Trinajstić information content (AvgIpc) is 2.59. The largest absolute Gasteiger partial charge is 0.351 e. The molecule has 0 radical (unpaired) electrons. The lowest BCUT2D eigenvalue weighted by Crippen LogP contribution is -2.34. The van der Waals surface area contributed by atoms with E-state index in [0.29, 0.717) is 17.8 Å². The highest BCUT2D eigenvalue weighted by molar-refractivity contribution is 6.18. The summed E-state index contributed by atoms with van der Waals surface area (Å²) in [5.74, 6) is 2.27. The van der Waals surface area contributed by atoms with Gasteiger partial charge in [0.05, 0.1) is 6.20 Å². The van der Waals surface area contributed by atoms with Crippen molar-refractivity contribution < 1.29 is 0 Å². The monoisotopic (exact) mass is 225 g/mol. The van der Waals surface area contributed by atoms with E-state index in [-0.39, 0.29) is 0 Å². The predicted octanol–water partition coefficient (Wildman–Crippen LogP) is 2.24. The van der Waals surface area contributed by atoms with Crippen molar-refractivity contribution in [3.8, 4) is 0 Å². The zero-order chi connectivity index (χ0) is 10.8. The Morgan fingerprint density at radius 1 is 1.60 bits per heavy atom. The minimum absolute atomic E-state index is 0.405. The predicted molar refractivity (Wildman–Crippen MR) is 62.4 cm³/mol. The maximum atomic E-state index is 6.00. The molecule has 2 unspecified atom stereocenters. The first kappa shape index (κ1) is 10.7. The topological polar surface area (TPSA) is 29.0 Å². The van der Waals surface area contributed by atoms with Gasteiger partial charge in [0.15, 0.2) is 5.82 Å². The molecule has 2 heterocycles. The van der Waals surface area contributed by atoms with Crippen LogP contribution < -0.4 is 4.90 Å². The molecule has 82 valence electrons. The number of hydrogen-bond donors (Lipinski definition) is 0. The van der Waals surface area contributed by atoms with Crippen molar-refractivity contribution in [2.24, 2.45) is 5.92 Å². The van der Waals surface area contributed by atoms with Crippen LogP contribution in [0.25, 0.3) is 0 Å². The fourth-order valence-corrected chi connectivity index (χ4v) is 2.59. The number of rotatable bonds is 2. The Morgan fingerprint density at radius 2 is 2.40 bits per heavy atom. The van der Waals surface area contributed by atoms with Crippen LogP contribution in [0.5, 0.6) is 0 Å². The third kappa shape index (κ3) is 2.07. The maximum Gasteiger partial charge on any atom is 0.151 e. The van der Waals surface area contributed by atoms with E-state index < -0.39 is 0 Å². The van der Waals surface area contributed by atoms with Crippen molar-refractivity contribution in [2.75, 3.05) is 17.3 Å². The van der Waals surface area contributed by atoms with E-state index in [2.05, 4.69) is 28.1 Å². The number of halogens is 1. The minimum atomic E-state index is 0.405. The van der Waals surface area contributed by atoms with E-state index in [1.54, 1.807) is 6.20 Å². The molecule has 1 aromatic rings. The molecule has 0 spiro atoms. The van der Waals surface area contributed by atoms with E-state index in [9.17, 15) is 0 Å². The highest BCUT2D eigenvalue weighted by Crippen LogP contribution is 2.28. The maximum absolute atomic E-state index is 6.00. The smallest absolute Gasteiger partial charge is 0.151 e. The molecule has 2 atom stereocenters. The van der Waals surface area contributed by atoms with Gasteiger partial charge in [-0.05, 0) is 30.9 Å². The molecule has 1 fully saturated rings. The number of aryl methyl sites for hydroxylation is 1. The summed E-state index contributed by atoms with van der Waals surface area (Å²) in [7, 11) is 0.